The van der Waals surface area contributed by atoms with Gasteiger partial charge in [0.15, 0.2) is 5.58 Å². The van der Waals surface area contributed by atoms with Crippen LogP contribution in [0.3, 0.4) is 0 Å². The van der Waals surface area contributed by atoms with Gasteiger partial charge in [-0.1, -0.05) is 6.92 Å². The highest BCUT2D eigenvalue weighted by Crippen LogP contribution is 2.39. The van der Waals surface area contributed by atoms with E-state index in [1.54, 1.807) is 31.6 Å². The summed E-state index contributed by atoms with van der Waals surface area (Å²) >= 11 is 0. The lowest BCUT2D eigenvalue weighted by Gasteiger charge is -2.34. The maximum absolute atomic E-state index is 13.2. The standard InChI is InChI=1S/C26H26F2N6O3/c1-13-7-15(13)25(35)33-22-9-16-17(10-30-22)24(29-2)31-11-18(16)26-32-19-8-14(3-4-20(19)37-26)34-5-6-36-21(12-34)23(27)28/h3-4,8-11,13,15,21,23H,5-7,12H2,1-2H3,(H,29,31)(H,30,33,35)/t13-,15+,21-/m1/s1. The minimum absolute atomic E-state index is 0.0240. The zero-order valence-electron chi connectivity index (χ0n) is 20.4. The van der Waals surface area contributed by atoms with Crippen molar-refractivity contribution < 1.29 is 22.7 Å². The number of nitrogens with one attached hydrogen (secondary N) is 2. The van der Waals surface area contributed by atoms with Crippen LogP contribution in [0.4, 0.5) is 26.1 Å². The van der Waals surface area contributed by atoms with E-state index in [2.05, 4.69) is 27.5 Å². The zero-order valence-corrected chi connectivity index (χ0v) is 20.4. The Hall–Kier alpha value is -3.86. The Morgan fingerprint density at radius 1 is 1.19 bits per heavy atom. The monoisotopic (exact) mass is 508 g/mol. The van der Waals surface area contributed by atoms with Gasteiger partial charge in [-0.25, -0.2) is 23.7 Å². The molecule has 2 aliphatic rings. The van der Waals surface area contributed by atoms with Crippen molar-refractivity contribution in [1.29, 1.82) is 0 Å². The van der Waals surface area contributed by atoms with Crippen molar-refractivity contribution in [3.05, 3.63) is 36.7 Å². The van der Waals surface area contributed by atoms with Gasteiger partial charge >= 0.3 is 0 Å². The van der Waals surface area contributed by atoms with E-state index in [0.717, 1.165) is 22.9 Å². The summed E-state index contributed by atoms with van der Waals surface area (Å²) in [5.41, 5.74) is 2.59. The number of benzene rings is 1. The van der Waals surface area contributed by atoms with Gasteiger partial charge in [0, 0.05) is 54.9 Å². The second kappa shape index (κ2) is 9.22. The maximum atomic E-state index is 13.2. The number of oxazole rings is 1. The van der Waals surface area contributed by atoms with Gasteiger partial charge in [0.25, 0.3) is 6.43 Å². The molecule has 0 spiro atoms. The Morgan fingerprint density at radius 2 is 2.03 bits per heavy atom. The largest absolute Gasteiger partial charge is 0.436 e. The topological polar surface area (TPSA) is 105 Å². The van der Waals surface area contributed by atoms with Crippen LogP contribution in [0.2, 0.25) is 0 Å². The number of nitrogens with zero attached hydrogens (tertiary/aromatic N) is 4. The molecule has 0 radical (unpaired) electrons. The average Bonchev–Trinajstić information content (AvgIpc) is 3.50. The van der Waals surface area contributed by atoms with Crippen molar-refractivity contribution in [2.45, 2.75) is 25.9 Å². The number of amides is 1. The smallest absolute Gasteiger partial charge is 0.266 e. The lowest BCUT2D eigenvalue weighted by atomic mass is 10.1. The van der Waals surface area contributed by atoms with Crippen molar-refractivity contribution in [2.75, 3.05) is 42.3 Å². The summed E-state index contributed by atoms with van der Waals surface area (Å²) < 4.78 is 37.6. The van der Waals surface area contributed by atoms with Crippen molar-refractivity contribution in [2.24, 2.45) is 11.8 Å². The van der Waals surface area contributed by atoms with Gasteiger partial charge in [-0.05, 0) is 36.6 Å². The van der Waals surface area contributed by atoms with Crippen molar-refractivity contribution in [3.63, 3.8) is 0 Å². The van der Waals surface area contributed by atoms with Gasteiger partial charge in [-0.2, -0.15) is 0 Å². The van der Waals surface area contributed by atoms with Crippen LogP contribution in [0.25, 0.3) is 33.3 Å². The molecule has 1 saturated heterocycles. The Bertz CT molecular complexity index is 1490. The molecule has 1 aromatic carbocycles. The van der Waals surface area contributed by atoms with E-state index in [4.69, 9.17) is 14.1 Å². The second-order valence-electron chi connectivity index (χ2n) is 9.56. The molecule has 1 amide bonds. The number of rotatable bonds is 6. The van der Waals surface area contributed by atoms with Gasteiger partial charge in [-0.15, -0.1) is 0 Å². The van der Waals surface area contributed by atoms with E-state index < -0.39 is 12.5 Å². The number of anilines is 3. The normalized spacial score (nSPS) is 21.5. The molecule has 192 valence electrons. The zero-order chi connectivity index (χ0) is 25.7. The summed E-state index contributed by atoms with van der Waals surface area (Å²) in [7, 11) is 1.77. The minimum Gasteiger partial charge on any atom is -0.436 e. The number of aromatic nitrogens is 3. The first kappa shape index (κ1) is 23.5. The number of morpholine rings is 1. The highest BCUT2D eigenvalue weighted by Gasteiger charge is 2.39. The molecule has 0 unspecified atom stereocenters. The fraction of sp³-hybridized carbons (Fsp3) is 0.385. The molecule has 11 heteroatoms. The molecule has 0 bridgehead atoms. The van der Waals surface area contributed by atoms with E-state index in [1.165, 1.54) is 0 Å². The summed E-state index contributed by atoms with van der Waals surface area (Å²) in [4.78, 5) is 28.0. The van der Waals surface area contributed by atoms with Crippen LogP contribution in [0.15, 0.2) is 41.1 Å². The molecule has 37 heavy (non-hydrogen) atoms. The minimum atomic E-state index is -2.54. The van der Waals surface area contributed by atoms with Crippen LogP contribution in [-0.4, -0.2) is 60.1 Å². The van der Waals surface area contributed by atoms with Crippen LogP contribution in [-0.2, 0) is 9.53 Å². The molecule has 1 saturated carbocycles. The van der Waals surface area contributed by atoms with E-state index in [-0.39, 0.29) is 25.0 Å². The summed E-state index contributed by atoms with van der Waals surface area (Å²) in [6, 6.07) is 7.26. The van der Waals surface area contributed by atoms with Gasteiger partial charge in [-0.3, -0.25) is 4.79 Å². The molecule has 9 nitrogen and oxygen atoms in total. The Morgan fingerprint density at radius 3 is 2.78 bits per heavy atom. The molecular weight excluding hydrogens is 482 g/mol. The summed E-state index contributed by atoms with van der Waals surface area (Å²) in [5, 5.41) is 7.51. The SMILES string of the molecule is CNc1ncc(-c2nc3cc(N4CCO[C@@H](C(F)F)C4)ccc3o2)c2cc(NC(=O)[C@H]3C[C@H]3C)ncc12. The third kappa shape index (κ3) is 4.43. The highest BCUT2D eigenvalue weighted by molar-refractivity contribution is 6.03. The first-order valence-electron chi connectivity index (χ1n) is 12.2. The summed E-state index contributed by atoms with van der Waals surface area (Å²) in [5.74, 6) is 1.83. The second-order valence-corrected chi connectivity index (χ2v) is 9.56. The third-order valence-electron chi connectivity index (χ3n) is 7.05. The lowest BCUT2D eigenvalue weighted by molar-refractivity contribution is -0.117. The Balaban J connectivity index is 1.36. The number of fused-ring (bicyclic) bond motifs is 2. The van der Waals surface area contributed by atoms with Gasteiger partial charge < -0.3 is 24.7 Å². The molecule has 1 aliphatic carbocycles. The van der Waals surface area contributed by atoms with E-state index in [1.807, 2.05) is 17.0 Å². The first-order valence-corrected chi connectivity index (χ1v) is 12.2. The number of ether oxygens (including phenoxy) is 1. The van der Waals surface area contributed by atoms with Crippen LogP contribution in [0.1, 0.15) is 13.3 Å². The van der Waals surface area contributed by atoms with Crippen LogP contribution in [0.5, 0.6) is 0 Å². The molecule has 3 aromatic heterocycles. The number of hydrogen-bond donors (Lipinski definition) is 2. The highest BCUT2D eigenvalue weighted by atomic mass is 19.3. The fourth-order valence-corrected chi connectivity index (χ4v) is 4.77. The Labute approximate surface area is 211 Å². The summed E-state index contributed by atoms with van der Waals surface area (Å²) in [6.45, 7) is 2.91. The fourth-order valence-electron chi connectivity index (χ4n) is 4.77. The molecule has 3 atom stereocenters. The van der Waals surface area contributed by atoms with Crippen LogP contribution < -0.4 is 15.5 Å². The molecule has 4 heterocycles. The van der Waals surface area contributed by atoms with Crippen LogP contribution >= 0.6 is 0 Å². The number of halogens is 2. The van der Waals surface area contributed by atoms with Crippen molar-refractivity contribution in [1.82, 2.24) is 15.0 Å². The number of alkyl halides is 2. The third-order valence-corrected chi connectivity index (χ3v) is 7.05. The molecule has 6 rings (SSSR count). The van der Waals surface area contributed by atoms with Crippen molar-refractivity contribution >= 4 is 45.1 Å². The number of pyridine rings is 2. The van der Waals surface area contributed by atoms with Crippen LogP contribution in [0, 0.1) is 11.8 Å². The van der Waals surface area contributed by atoms with E-state index >= 15 is 0 Å². The van der Waals surface area contributed by atoms with Crippen molar-refractivity contribution in [3.8, 4) is 11.5 Å². The molecular formula is C26H26F2N6O3. The number of carbonyl (C=O) groups is 1. The molecule has 1 aliphatic heterocycles. The number of hydrogen-bond acceptors (Lipinski definition) is 8. The predicted molar refractivity (Wildman–Crippen MR) is 136 cm³/mol. The van der Waals surface area contributed by atoms with Gasteiger partial charge in [0.2, 0.25) is 11.8 Å². The van der Waals surface area contributed by atoms with Gasteiger partial charge in [0.05, 0.1) is 12.2 Å². The molecule has 4 aromatic rings. The summed E-state index contributed by atoms with van der Waals surface area (Å²) in [6.07, 6.45) is 0.567. The van der Waals surface area contributed by atoms with Gasteiger partial charge in [0.1, 0.15) is 23.3 Å². The van der Waals surface area contributed by atoms with E-state index in [9.17, 15) is 13.6 Å². The number of carbonyl (C=O) groups excluding carboxylic acids is 1. The maximum Gasteiger partial charge on any atom is 0.266 e. The quantitative estimate of drug-likeness (QED) is 0.391. The predicted octanol–water partition coefficient (Wildman–Crippen LogP) is 4.54. The molecule has 2 fully saturated rings. The van der Waals surface area contributed by atoms with E-state index in [0.29, 0.717) is 46.7 Å². The average molecular weight is 509 g/mol. The Kier molecular flexibility index (Phi) is 5.86. The lowest BCUT2D eigenvalue weighted by Crippen LogP contribution is -2.45. The molecule has 2 N–H and O–H groups in total. The first-order chi connectivity index (χ1) is 17.9.